The molecule has 3 heteroatoms. The molecule has 1 aliphatic carbocycles. The highest BCUT2D eigenvalue weighted by atomic mass is 16.1. The van der Waals surface area contributed by atoms with Crippen molar-refractivity contribution in [3.63, 3.8) is 0 Å². The Labute approximate surface area is 127 Å². The van der Waals surface area contributed by atoms with Crippen molar-refractivity contribution >= 4 is 5.78 Å². The minimum absolute atomic E-state index is 0.287. The molecule has 1 saturated heterocycles. The van der Waals surface area contributed by atoms with Crippen LogP contribution in [0.1, 0.15) is 40.7 Å². The maximum atomic E-state index is 12.5. The Morgan fingerprint density at radius 3 is 3.00 bits per heavy atom. The maximum absolute atomic E-state index is 12.5. The number of hydrogen-bond acceptors (Lipinski definition) is 3. The van der Waals surface area contributed by atoms with Crippen LogP contribution in [0.25, 0.3) is 0 Å². The number of aryl methyl sites for hydroxylation is 2. The van der Waals surface area contributed by atoms with Crippen molar-refractivity contribution in [2.45, 2.75) is 32.1 Å². The van der Waals surface area contributed by atoms with Gasteiger partial charge in [-0.2, -0.15) is 0 Å². The van der Waals surface area contributed by atoms with Crippen LogP contribution in [-0.2, 0) is 12.8 Å². The van der Waals surface area contributed by atoms with Gasteiger partial charge in [0.1, 0.15) is 0 Å². The first-order chi connectivity index (χ1) is 10.3. The van der Waals surface area contributed by atoms with Gasteiger partial charge in [-0.3, -0.25) is 9.69 Å². The fourth-order valence-electron chi connectivity index (χ4n) is 3.79. The van der Waals surface area contributed by atoms with E-state index in [0.29, 0.717) is 12.5 Å². The number of nitrogens with one attached hydrogen (secondary N) is 1. The van der Waals surface area contributed by atoms with E-state index in [1.165, 1.54) is 36.8 Å². The van der Waals surface area contributed by atoms with Crippen molar-refractivity contribution in [3.8, 4) is 0 Å². The van der Waals surface area contributed by atoms with Crippen molar-refractivity contribution in [1.29, 1.82) is 0 Å². The molecule has 0 aromatic heterocycles. The summed E-state index contributed by atoms with van der Waals surface area (Å²) >= 11 is 0. The van der Waals surface area contributed by atoms with Crippen LogP contribution < -0.4 is 5.32 Å². The molecule has 3 nitrogen and oxygen atoms in total. The standard InChI is InChI=1S/C18H26N2O/c1-19-11-14-4-3-9-20(12-14)13-18(21)17-8-7-15-5-2-6-16(15)10-17/h7-8,10,14,19H,2-6,9,11-13H2,1H3. The third kappa shape index (κ3) is 3.53. The average molecular weight is 286 g/mol. The monoisotopic (exact) mass is 286 g/mol. The third-order valence-corrected chi connectivity index (χ3v) is 4.88. The van der Waals surface area contributed by atoms with Gasteiger partial charge in [-0.25, -0.2) is 0 Å². The minimum Gasteiger partial charge on any atom is -0.319 e. The van der Waals surface area contributed by atoms with E-state index < -0.39 is 0 Å². The molecule has 1 fully saturated rings. The smallest absolute Gasteiger partial charge is 0.176 e. The van der Waals surface area contributed by atoms with Crippen molar-refractivity contribution in [2.24, 2.45) is 5.92 Å². The highest BCUT2D eigenvalue weighted by molar-refractivity contribution is 5.97. The summed E-state index contributed by atoms with van der Waals surface area (Å²) in [4.78, 5) is 14.9. The molecule has 0 radical (unpaired) electrons. The second-order valence-electron chi connectivity index (χ2n) is 6.56. The maximum Gasteiger partial charge on any atom is 0.176 e. The van der Waals surface area contributed by atoms with Crippen LogP contribution in [0.3, 0.4) is 0 Å². The molecule has 1 atom stereocenters. The Balaban J connectivity index is 1.60. The summed E-state index contributed by atoms with van der Waals surface area (Å²) in [6.07, 6.45) is 6.06. The molecule has 1 aromatic carbocycles. The van der Waals surface area contributed by atoms with E-state index in [-0.39, 0.29) is 5.78 Å². The SMILES string of the molecule is CNCC1CCCN(CC(=O)c2ccc3c(c2)CCC3)C1. The molecular weight excluding hydrogens is 260 g/mol. The Kier molecular flexibility index (Phi) is 4.71. The zero-order valence-electron chi connectivity index (χ0n) is 13.0. The van der Waals surface area contributed by atoms with Gasteiger partial charge in [0.15, 0.2) is 5.78 Å². The summed E-state index contributed by atoms with van der Waals surface area (Å²) in [7, 11) is 2.01. The first-order valence-corrected chi connectivity index (χ1v) is 8.28. The molecule has 1 aliphatic heterocycles. The minimum atomic E-state index is 0.287. The van der Waals surface area contributed by atoms with Crippen molar-refractivity contribution in [2.75, 3.05) is 33.2 Å². The number of fused-ring (bicyclic) bond motifs is 1. The van der Waals surface area contributed by atoms with Crippen LogP contribution in [0.2, 0.25) is 0 Å². The fourth-order valence-corrected chi connectivity index (χ4v) is 3.79. The van der Waals surface area contributed by atoms with Gasteiger partial charge >= 0.3 is 0 Å². The quantitative estimate of drug-likeness (QED) is 0.843. The molecule has 0 amide bonds. The predicted octanol–water partition coefficient (Wildman–Crippen LogP) is 2.29. The van der Waals surface area contributed by atoms with Gasteiger partial charge in [0.2, 0.25) is 0 Å². The molecule has 0 saturated carbocycles. The van der Waals surface area contributed by atoms with E-state index in [2.05, 4.69) is 22.3 Å². The lowest BCUT2D eigenvalue weighted by Crippen LogP contribution is -2.41. The van der Waals surface area contributed by atoms with E-state index in [1.54, 1.807) is 0 Å². The van der Waals surface area contributed by atoms with Gasteiger partial charge in [-0.1, -0.05) is 12.1 Å². The highest BCUT2D eigenvalue weighted by Crippen LogP contribution is 2.23. The molecule has 21 heavy (non-hydrogen) atoms. The predicted molar refractivity (Wildman–Crippen MR) is 85.9 cm³/mol. The number of carbonyl (C=O) groups is 1. The second-order valence-corrected chi connectivity index (χ2v) is 6.56. The highest BCUT2D eigenvalue weighted by Gasteiger charge is 2.22. The Bertz CT molecular complexity index is 510. The van der Waals surface area contributed by atoms with Gasteiger partial charge in [-0.05, 0) is 75.4 Å². The Morgan fingerprint density at radius 2 is 2.14 bits per heavy atom. The molecule has 114 valence electrons. The number of hydrogen-bond donors (Lipinski definition) is 1. The lowest BCUT2D eigenvalue weighted by Gasteiger charge is -2.32. The topological polar surface area (TPSA) is 32.3 Å². The summed E-state index contributed by atoms with van der Waals surface area (Å²) in [5.41, 5.74) is 3.75. The first kappa shape index (κ1) is 14.7. The van der Waals surface area contributed by atoms with Gasteiger partial charge in [0, 0.05) is 12.1 Å². The molecular formula is C18H26N2O. The number of likely N-dealkylation sites (tertiary alicyclic amines) is 1. The molecule has 0 spiro atoms. The van der Waals surface area contributed by atoms with Gasteiger partial charge < -0.3 is 5.32 Å². The fraction of sp³-hybridized carbons (Fsp3) is 0.611. The van der Waals surface area contributed by atoms with Gasteiger partial charge in [-0.15, -0.1) is 0 Å². The van der Waals surface area contributed by atoms with Crippen LogP contribution in [-0.4, -0.2) is 43.9 Å². The lowest BCUT2D eigenvalue weighted by atomic mass is 9.97. The summed E-state index contributed by atoms with van der Waals surface area (Å²) in [6, 6.07) is 6.33. The molecule has 0 bridgehead atoms. The number of rotatable bonds is 5. The first-order valence-electron chi connectivity index (χ1n) is 8.28. The third-order valence-electron chi connectivity index (χ3n) is 4.88. The zero-order valence-corrected chi connectivity index (χ0v) is 13.0. The largest absolute Gasteiger partial charge is 0.319 e. The van der Waals surface area contributed by atoms with Gasteiger partial charge in [0.05, 0.1) is 6.54 Å². The van der Waals surface area contributed by atoms with E-state index in [4.69, 9.17) is 0 Å². The number of nitrogens with zero attached hydrogens (tertiary/aromatic N) is 1. The van der Waals surface area contributed by atoms with Crippen molar-refractivity contribution in [1.82, 2.24) is 10.2 Å². The molecule has 1 unspecified atom stereocenters. The summed E-state index contributed by atoms with van der Waals surface area (Å²) in [5.74, 6) is 0.978. The van der Waals surface area contributed by atoms with Crippen molar-refractivity contribution < 1.29 is 4.79 Å². The molecule has 1 heterocycles. The summed E-state index contributed by atoms with van der Waals surface area (Å²) in [6.45, 7) is 3.76. The van der Waals surface area contributed by atoms with E-state index in [1.807, 2.05) is 13.1 Å². The van der Waals surface area contributed by atoms with Crippen LogP contribution >= 0.6 is 0 Å². The van der Waals surface area contributed by atoms with Crippen LogP contribution in [0.4, 0.5) is 0 Å². The number of carbonyl (C=O) groups excluding carboxylic acids is 1. The van der Waals surface area contributed by atoms with Crippen LogP contribution in [0.5, 0.6) is 0 Å². The van der Waals surface area contributed by atoms with Crippen molar-refractivity contribution in [3.05, 3.63) is 34.9 Å². The second kappa shape index (κ2) is 6.71. The van der Waals surface area contributed by atoms with E-state index >= 15 is 0 Å². The average Bonchev–Trinajstić information content (AvgIpc) is 2.95. The normalized spacial score (nSPS) is 22.2. The Morgan fingerprint density at radius 1 is 1.29 bits per heavy atom. The summed E-state index contributed by atoms with van der Waals surface area (Å²) in [5, 5.41) is 3.26. The Hall–Kier alpha value is -1.19. The van der Waals surface area contributed by atoms with E-state index in [0.717, 1.165) is 31.6 Å². The number of Topliss-reactive ketones (excluding diaryl/α,β-unsaturated/α-hetero) is 1. The van der Waals surface area contributed by atoms with Crippen LogP contribution in [0, 0.1) is 5.92 Å². The van der Waals surface area contributed by atoms with Gasteiger partial charge in [0.25, 0.3) is 0 Å². The van der Waals surface area contributed by atoms with E-state index in [9.17, 15) is 4.79 Å². The van der Waals surface area contributed by atoms with Crippen LogP contribution in [0.15, 0.2) is 18.2 Å². The number of piperidine rings is 1. The zero-order chi connectivity index (χ0) is 14.7. The molecule has 1 N–H and O–H groups in total. The number of ketones is 1. The lowest BCUT2D eigenvalue weighted by molar-refractivity contribution is 0.0886. The molecule has 2 aliphatic rings. The number of benzene rings is 1. The molecule has 1 aromatic rings. The summed E-state index contributed by atoms with van der Waals surface area (Å²) < 4.78 is 0. The molecule has 3 rings (SSSR count).